The number of benzene rings is 1. The Hall–Kier alpha value is -1.69. The van der Waals surface area contributed by atoms with E-state index >= 15 is 0 Å². The van der Waals surface area contributed by atoms with Crippen molar-refractivity contribution < 1.29 is 9.53 Å². The van der Waals surface area contributed by atoms with Crippen LogP contribution in [-0.4, -0.2) is 46.2 Å². The number of amides is 1. The minimum Gasteiger partial charge on any atom is -0.497 e. The SMILES string of the molecule is COc1ccc2nc(SC(C)C(=O)N(C)C3CCCCC3)[nH]c2c1. The van der Waals surface area contributed by atoms with Crippen LogP contribution in [0.5, 0.6) is 5.75 Å². The number of thioether (sulfide) groups is 1. The lowest BCUT2D eigenvalue weighted by Crippen LogP contribution is -2.42. The standard InChI is InChI=1S/C18H25N3O2S/c1-12(17(22)21(2)13-7-5-4-6-8-13)24-18-19-15-10-9-14(23-3)11-16(15)20-18/h9-13H,4-8H2,1-3H3,(H,19,20). The number of hydrogen-bond donors (Lipinski definition) is 1. The average Bonchev–Trinajstić information content (AvgIpc) is 3.02. The molecule has 0 aliphatic heterocycles. The highest BCUT2D eigenvalue weighted by Crippen LogP contribution is 2.28. The second-order valence-electron chi connectivity index (χ2n) is 6.43. The molecule has 6 heteroatoms. The highest BCUT2D eigenvalue weighted by Gasteiger charge is 2.26. The lowest BCUT2D eigenvalue weighted by Gasteiger charge is -2.32. The molecule has 3 rings (SSSR count). The minimum absolute atomic E-state index is 0.153. The lowest BCUT2D eigenvalue weighted by molar-refractivity contribution is -0.131. The Balaban J connectivity index is 1.67. The molecule has 0 radical (unpaired) electrons. The average molecular weight is 347 g/mol. The largest absolute Gasteiger partial charge is 0.497 e. The fourth-order valence-corrected chi connectivity index (χ4v) is 4.22. The number of rotatable bonds is 5. The van der Waals surface area contributed by atoms with Crippen molar-refractivity contribution in [1.82, 2.24) is 14.9 Å². The van der Waals surface area contributed by atoms with E-state index in [-0.39, 0.29) is 11.2 Å². The van der Waals surface area contributed by atoms with Crippen LogP contribution in [0.4, 0.5) is 0 Å². The zero-order chi connectivity index (χ0) is 17.1. The summed E-state index contributed by atoms with van der Waals surface area (Å²) in [5, 5.41) is 0.621. The Bertz CT molecular complexity index is 709. The van der Waals surface area contributed by atoms with Gasteiger partial charge in [0.25, 0.3) is 0 Å². The number of aromatic nitrogens is 2. The number of carbonyl (C=O) groups excluding carboxylic acids is 1. The van der Waals surface area contributed by atoms with Crippen LogP contribution in [0.1, 0.15) is 39.0 Å². The summed E-state index contributed by atoms with van der Waals surface area (Å²) in [5.74, 6) is 0.980. The molecular weight excluding hydrogens is 322 g/mol. The molecule has 1 aromatic carbocycles. The number of hydrogen-bond acceptors (Lipinski definition) is 4. The molecule has 0 bridgehead atoms. The second kappa shape index (κ2) is 7.47. The third-order valence-corrected chi connectivity index (χ3v) is 5.75. The van der Waals surface area contributed by atoms with Gasteiger partial charge in [-0.05, 0) is 31.9 Å². The van der Waals surface area contributed by atoms with Gasteiger partial charge in [0.05, 0.1) is 23.4 Å². The topological polar surface area (TPSA) is 58.2 Å². The summed E-state index contributed by atoms with van der Waals surface area (Å²) in [6.45, 7) is 1.96. The summed E-state index contributed by atoms with van der Waals surface area (Å²) < 4.78 is 5.23. The molecule has 2 aromatic rings. The summed E-state index contributed by atoms with van der Waals surface area (Å²) in [5.41, 5.74) is 1.82. The van der Waals surface area contributed by atoms with Gasteiger partial charge in [-0.25, -0.2) is 4.98 Å². The van der Waals surface area contributed by atoms with E-state index in [2.05, 4.69) is 9.97 Å². The zero-order valence-corrected chi connectivity index (χ0v) is 15.4. The molecule has 1 N–H and O–H groups in total. The molecule has 130 valence electrons. The second-order valence-corrected chi connectivity index (χ2v) is 7.76. The Labute approximate surface area is 147 Å². The van der Waals surface area contributed by atoms with Crippen LogP contribution < -0.4 is 4.74 Å². The van der Waals surface area contributed by atoms with Gasteiger partial charge in [0, 0.05) is 19.2 Å². The molecule has 1 atom stereocenters. The van der Waals surface area contributed by atoms with Crippen molar-refractivity contribution in [2.45, 2.75) is 55.5 Å². The van der Waals surface area contributed by atoms with Crippen LogP contribution in [0.25, 0.3) is 11.0 Å². The summed E-state index contributed by atoms with van der Waals surface area (Å²) in [4.78, 5) is 22.5. The van der Waals surface area contributed by atoms with Crippen LogP contribution >= 0.6 is 11.8 Å². The first-order valence-electron chi connectivity index (χ1n) is 8.55. The fraction of sp³-hybridized carbons (Fsp3) is 0.556. The molecule has 0 saturated heterocycles. The Kier molecular flexibility index (Phi) is 5.33. The van der Waals surface area contributed by atoms with E-state index in [0.717, 1.165) is 34.8 Å². The first-order chi connectivity index (χ1) is 11.6. The molecule has 1 amide bonds. The fourth-order valence-electron chi connectivity index (χ4n) is 3.30. The number of nitrogens with zero attached hydrogens (tertiary/aromatic N) is 2. The van der Waals surface area contributed by atoms with Gasteiger partial charge in [-0.3, -0.25) is 4.79 Å². The molecule has 1 aliphatic carbocycles. The first-order valence-corrected chi connectivity index (χ1v) is 9.43. The highest BCUT2D eigenvalue weighted by molar-refractivity contribution is 8.00. The van der Waals surface area contributed by atoms with Crippen LogP contribution in [0, 0.1) is 0 Å². The molecular formula is C18H25N3O2S. The Morgan fingerprint density at radius 2 is 2.12 bits per heavy atom. The van der Waals surface area contributed by atoms with Gasteiger partial charge in [-0.15, -0.1) is 0 Å². The van der Waals surface area contributed by atoms with Gasteiger partial charge in [0.15, 0.2) is 5.16 Å². The van der Waals surface area contributed by atoms with Crippen molar-refractivity contribution in [2.24, 2.45) is 0 Å². The third-order valence-electron chi connectivity index (χ3n) is 4.77. The maximum absolute atomic E-state index is 12.7. The Morgan fingerprint density at radius 1 is 1.38 bits per heavy atom. The molecule has 0 spiro atoms. The van der Waals surface area contributed by atoms with E-state index in [0.29, 0.717) is 6.04 Å². The zero-order valence-electron chi connectivity index (χ0n) is 14.5. The van der Waals surface area contributed by atoms with Crippen molar-refractivity contribution in [1.29, 1.82) is 0 Å². The normalized spacial score (nSPS) is 17.0. The summed E-state index contributed by atoms with van der Waals surface area (Å²) in [6.07, 6.45) is 6.02. The first kappa shape index (κ1) is 17.1. The van der Waals surface area contributed by atoms with Crippen LogP contribution in [0.15, 0.2) is 23.4 Å². The smallest absolute Gasteiger partial charge is 0.235 e. The van der Waals surface area contributed by atoms with Gasteiger partial charge in [0.1, 0.15) is 5.75 Å². The van der Waals surface area contributed by atoms with E-state index in [4.69, 9.17) is 4.74 Å². The molecule has 1 saturated carbocycles. The van der Waals surface area contributed by atoms with Gasteiger partial charge >= 0.3 is 0 Å². The highest BCUT2D eigenvalue weighted by atomic mass is 32.2. The van der Waals surface area contributed by atoms with E-state index in [9.17, 15) is 4.79 Å². The van der Waals surface area contributed by atoms with E-state index in [1.807, 2.05) is 37.1 Å². The quantitative estimate of drug-likeness (QED) is 0.835. The molecule has 1 heterocycles. The van der Waals surface area contributed by atoms with Gasteiger partial charge in [0.2, 0.25) is 5.91 Å². The number of imidazole rings is 1. The maximum atomic E-state index is 12.7. The maximum Gasteiger partial charge on any atom is 0.235 e. The molecule has 1 aromatic heterocycles. The van der Waals surface area contributed by atoms with Crippen molar-refractivity contribution in [3.05, 3.63) is 18.2 Å². The van der Waals surface area contributed by atoms with E-state index in [1.165, 1.54) is 31.0 Å². The third kappa shape index (κ3) is 3.69. The number of ether oxygens (including phenoxy) is 1. The molecule has 5 nitrogen and oxygen atoms in total. The van der Waals surface area contributed by atoms with Crippen molar-refractivity contribution in [2.75, 3.05) is 14.2 Å². The van der Waals surface area contributed by atoms with Crippen LogP contribution in [-0.2, 0) is 4.79 Å². The number of nitrogens with one attached hydrogen (secondary N) is 1. The minimum atomic E-state index is -0.153. The van der Waals surface area contributed by atoms with Gasteiger partial charge in [-0.2, -0.15) is 0 Å². The summed E-state index contributed by atoms with van der Waals surface area (Å²) >= 11 is 1.48. The van der Waals surface area contributed by atoms with E-state index < -0.39 is 0 Å². The number of fused-ring (bicyclic) bond motifs is 1. The molecule has 1 unspecified atom stereocenters. The van der Waals surface area contributed by atoms with Gasteiger partial charge < -0.3 is 14.6 Å². The van der Waals surface area contributed by atoms with Gasteiger partial charge in [-0.1, -0.05) is 31.0 Å². The van der Waals surface area contributed by atoms with Crippen LogP contribution in [0.2, 0.25) is 0 Å². The number of H-pyrrole nitrogens is 1. The van der Waals surface area contributed by atoms with E-state index in [1.54, 1.807) is 7.11 Å². The molecule has 24 heavy (non-hydrogen) atoms. The molecule has 1 fully saturated rings. The predicted molar refractivity (Wildman–Crippen MR) is 97.6 cm³/mol. The number of methoxy groups -OCH3 is 1. The monoisotopic (exact) mass is 347 g/mol. The molecule has 1 aliphatic rings. The summed E-state index contributed by atoms with van der Waals surface area (Å²) in [7, 11) is 3.59. The number of carbonyl (C=O) groups is 1. The predicted octanol–water partition coefficient (Wildman–Crippen LogP) is 3.84. The Morgan fingerprint density at radius 3 is 2.83 bits per heavy atom. The summed E-state index contributed by atoms with van der Waals surface area (Å²) in [6, 6.07) is 6.14. The van der Waals surface area contributed by atoms with Crippen molar-refractivity contribution >= 4 is 28.7 Å². The van der Waals surface area contributed by atoms with Crippen molar-refractivity contribution in [3.63, 3.8) is 0 Å². The number of aromatic amines is 1. The van der Waals surface area contributed by atoms with Crippen molar-refractivity contribution in [3.8, 4) is 5.75 Å². The van der Waals surface area contributed by atoms with Crippen LogP contribution in [0.3, 0.4) is 0 Å². The lowest BCUT2D eigenvalue weighted by atomic mass is 9.94.